The van der Waals surface area contributed by atoms with Gasteiger partial charge in [0.2, 0.25) is 0 Å². The van der Waals surface area contributed by atoms with Crippen LogP contribution in [0.1, 0.15) is 37.2 Å². The van der Waals surface area contributed by atoms with E-state index in [0.717, 1.165) is 48.1 Å². The van der Waals surface area contributed by atoms with Crippen LogP contribution in [-0.4, -0.2) is 47.9 Å². The van der Waals surface area contributed by atoms with Crippen molar-refractivity contribution in [2.75, 3.05) is 13.3 Å². The minimum Gasteiger partial charge on any atom is -0.295 e. The standard InChI is InChI=1S/C18H25N3O2S/c1-13-14-8-4-5-9-15(14)20-18(19-13)12-21(2)16-10-6-7-11-17(16)24(3,22)23/h4-5,8-9,16-17H,6-7,10-12H2,1-3H3. The smallest absolute Gasteiger partial charge is 0.151 e. The fourth-order valence-corrected chi connectivity index (χ4v) is 5.30. The molecule has 1 aromatic carbocycles. The minimum atomic E-state index is -3.04. The van der Waals surface area contributed by atoms with Crippen LogP contribution >= 0.6 is 0 Å². The van der Waals surface area contributed by atoms with Crippen molar-refractivity contribution < 1.29 is 8.42 Å². The molecule has 0 aliphatic heterocycles. The number of aromatic nitrogens is 2. The topological polar surface area (TPSA) is 63.2 Å². The molecule has 0 saturated heterocycles. The number of hydrogen-bond donors (Lipinski definition) is 0. The molecule has 1 saturated carbocycles. The minimum absolute atomic E-state index is 0.0455. The fraction of sp³-hybridized carbons (Fsp3) is 0.556. The van der Waals surface area contributed by atoms with Gasteiger partial charge < -0.3 is 0 Å². The number of fused-ring (bicyclic) bond motifs is 1. The van der Waals surface area contributed by atoms with Crippen LogP contribution < -0.4 is 0 Å². The summed E-state index contributed by atoms with van der Waals surface area (Å²) in [6, 6.07) is 8.03. The Kier molecular flexibility index (Phi) is 4.88. The van der Waals surface area contributed by atoms with E-state index in [9.17, 15) is 8.42 Å². The average Bonchev–Trinajstić information content (AvgIpc) is 2.54. The van der Waals surface area contributed by atoms with Crippen LogP contribution in [0.15, 0.2) is 24.3 Å². The molecule has 0 N–H and O–H groups in total. The van der Waals surface area contributed by atoms with Crippen molar-refractivity contribution >= 4 is 20.7 Å². The van der Waals surface area contributed by atoms with Gasteiger partial charge in [0.1, 0.15) is 5.82 Å². The highest BCUT2D eigenvalue weighted by atomic mass is 32.2. The number of sulfone groups is 1. The second-order valence-electron chi connectivity index (χ2n) is 6.88. The zero-order valence-corrected chi connectivity index (χ0v) is 15.4. The van der Waals surface area contributed by atoms with Gasteiger partial charge in [-0.1, -0.05) is 31.0 Å². The molecule has 130 valence electrons. The first-order valence-electron chi connectivity index (χ1n) is 8.47. The predicted octanol–water partition coefficient (Wildman–Crippen LogP) is 2.73. The van der Waals surface area contributed by atoms with Crippen LogP contribution in [0.25, 0.3) is 10.9 Å². The van der Waals surface area contributed by atoms with Gasteiger partial charge in [0.25, 0.3) is 0 Å². The molecule has 6 heteroatoms. The van der Waals surface area contributed by atoms with Gasteiger partial charge in [0.05, 0.1) is 17.3 Å². The molecule has 1 heterocycles. The van der Waals surface area contributed by atoms with E-state index in [0.29, 0.717) is 6.54 Å². The Morgan fingerprint density at radius 2 is 1.88 bits per heavy atom. The third-order valence-electron chi connectivity index (χ3n) is 5.01. The van der Waals surface area contributed by atoms with E-state index in [1.807, 2.05) is 38.2 Å². The number of hydrogen-bond acceptors (Lipinski definition) is 5. The highest BCUT2D eigenvalue weighted by molar-refractivity contribution is 7.91. The molecule has 2 atom stereocenters. The summed E-state index contributed by atoms with van der Waals surface area (Å²) < 4.78 is 24.2. The Bertz CT molecular complexity index is 835. The quantitative estimate of drug-likeness (QED) is 0.851. The maximum absolute atomic E-state index is 12.1. The second-order valence-corrected chi connectivity index (χ2v) is 9.14. The summed E-state index contributed by atoms with van der Waals surface area (Å²) in [5, 5.41) is 0.786. The number of rotatable bonds is 4. The fourth-order valence-electron chi connectivity index (χ4n) is 3.79. The Morgan fingerprint density at radius 1 is 1.17 bits per heavy atom. The van der Waals surface area contributed by atoms with Crippen molar-refractivity contribution in [2.45, 2.75) is 50.4 Å². The molecule has 0 bridgehead atoms. The lowest BCUT2D eigenvalue weighted by Crippen LogP contribution is -2.46. The lowest BCUT2D eigenvalue weighted by Gasteiger charge is -2.36. The molecular weight excluding hydrogens is 322 g/mol. The highest BCUT2D eigenvalue weighted by Crippen LogP contribution is 2.28. The lowest BCUT2D eigenvalue weighted by atomic mass is 9.94. The maximum atomic E-state index is 12.1. The van der Waals surface area contributed by atoms with Crippen molar-refractivity contribution in [2.24, 2.45) is 0 Å². The lowest BCUT2D eigenvalue weighted by molar-refractivity contribution is 0.183. The van der Waals surface area contributed by atoms with Gasteiger partial charge in [-0.25, -0.2) is 18.4 Å². The van der Waals surface area contributed by atoms with E-state index in [2.05, 4.69) is 14.9 Å². The van der Waals surface area contributed by atoms with Crippen LogP contribution in [0.5, 0.6) is 0 Å². The molecule has 0 radical (unpaired) electrons. The van der Waals surface area contributed by atoms with E-state index in [1.54, 1.807) is 0 Å². The average molecular weight is 347 g/mol. The largest absolute Gasteiger partial charge is 0.295 e. The summed E-state index contributed by atoms with van der Waals surface area (Å²) in [5.41, 5.74) is 1.91. The third-order valence-corrected chi connectivity index (χ3v) is 6.66. The summed E-state index contributed by atoms with van der Waals surface area (Å²) >= 11 is 0. The van der Waals surface area contributed by atoms with Gasteiger partial charge in [0.15, 0.2) is 9.84 Å². The summed E-state index contributed by atoms with van der Waals surface area (Å²) in [6.07, 6.45) is 5.11. The zero-order chi connectivity index (χ0) is 17.3. The number of para-hydroxylation sites is 1. The Morgan fingerprint density at radius 3 is 2.62 bits per heavy atom. The molecule has 0 amide bonds. The molecule has 1 aromatic heterocycles. The van der Waals surface area contributed by atoms with Crippen LogP contribution in [0.2, 0.25) is 0 Å². The monoisotopic (exact) mass is 347 g/mol. The molecule has 2 unspecified atom stereocenters. The molecule has 3 rings (SSSR count). The van der Waals surface area contributed by atoms with E-state index < -0.39 is 9.84 Å². The van der Waals surface area contributed by atoms with Crippen LogP contribution in [-0.2, 0) is 16.4 Å². The molecule has 2 aromatic rings. The Hall–Kier alpha value is -1.53. The third kappa shape index (κ3) is 3.59. The van der Waals surface area contributed by atoms with E-state index in [1.165, 1.54) is 6.26 Å². The predicted molar refractivity (Wildman–Crippen MR) is 96.6 cm³/mol. The molecule has 1 aliphatic carbocycles. The van der Waals surface area contributed by atoms with Gasteiger partial charge >= 0.3 is 0 Å². The maximum Gasteiger partial charge on any atom is 0.151 e. The first-order valence-corrected chi connectivity index (χ1v) is 10.4. The summed E-state index contributed by atoms with van der Waals surface area (Å²) in [6.45, 7) is 2.57. The summed E-state index contributed by atoms with van der Waals surface area (Å²) in [7, 11) is -1.05. The molecule has 0 spiro atoms. The summed E-state index contributed by atoms with van der Waals surface area (Å²) in [5.74, 6) is 0.756. The molecular formula is C18H25N3O2S. The van der Waals surface area contributed by atoms with Gasteiger partial charge in [0, 0.05) is 23.4 Å². The van der Waals surface area contributed by atoms with Gasteiger partial charge in [-0.2, -0.15) is 0 Å². The summed E-state index contributed by atoms with van der Waals surface area (Å²) in [4.78, 5) is 11.4. The highest BCUT2D eigenvalue weighted by Gasteiger charge is 2.35. The van der Waals surface area contributed by atoms with Gasteiger partial charge in [-0.15, -0.1) is 0 Å². The molecule has 24 heavy (non-hydrogen) atoms. The Labute approximate surface area is 144 Å². The van der Waals surface area contributed by atoms with Gasteiger partial charge in [-0.3, -0.25) is 4.90 Å². The normalized spacial score (nSPS) is 22.2. The van der Waals surface area contributed by atoms with Gasteiger partial charge in [-0.05, 0) is 32.9 Å². The van der Waals surface area contributed by atoms with Crippen molar-refractivity contribution in [3.63, 3.8) is 0 Å². The van der Waals surface area contributed by atoms with Crippen LogP contribution in [0, 0.1) is 6.92 Å². The van der Waals surface area contributed by atoms with Crippen molar-refractivity contribution in [1.82, 2.24) is 14.9 Å². The van der Waals surface area contributed by atoms with Crippen molar-refractivity contribution in [3.05, 3.63) is 35.8 Å². The van der Waals surface area contributed by atoms with E-state index >= 15 is 0 Å². The number of benzene rings is 1. The first kappa shape index (κ1) is 17.3. The second kappa shape index (κ2) is 6.76. The van der Waals surface area contributed by atoms with Crippen molar-refractivity contribution in [1.29, 1.82) is 0 Å². The van der Waals surface area contributed by atoms with E-state index in [-0.39, 0.29) is 11.3 Å². The first-order chi connectivity index (χ1) is 11.4. The van der Waals surface area contributed by atoms with Crippen LogP contribution in [0.3, 0.4) is 0 Å². The van der Waals surface area contributed by atoms with Crippen molar-refractivity contribution in [3.8, 4) is 0 Å². The SMILES string of the molecule is Cc1nc(CN(C)C2CCCCC2S(C)(=O)=O)nc2ccccc12. The Balaban J connectivity index is 1.84. The number of aryl methyl sites for hydroxylation is 1. The zero-order valence-electron chi connectivity index (χ0n) is 14.6. The van der Waals surface area contributed by atoms with Crippen LogP contribution in [0.4, 0.5) is 0 Å². The number of nitrogens with zero attached hydrogens (tertiary/aromatic N) is 3. The molecule has 1 aliphatic rings. The molecule has 1 fully saturated rings. The molecule has 5 nitrogen and oxygen atoms in total. The van der Waals surface area contributed by atoms with E-state index in [4.69, 9.17) is 0 Å².